The molecule has 0 aliphatic heterocycles. The van der Waals surface area contributed by atoms with E-state index in [9.17, 15) is 5.11 Å². The van der Waals surface area contributed by atoms with Crippen molar-refractivity contribution in [1.29, 1.82) is 0 Å². The molecule has 1 aliphatic carbocycles. The van der Waals surface area contributed by atoms with Crippen molar-refractivity contribution in [3.63, 3.8) is 0 Å². The highest BCUT2D eigenvalue weighted by molar-refractivity contribution is 6.30. The molecule has 2 heteroatoms. The van der Waals surface area contributed by atoms with Gasteiger partial charge in [0.05, 0.1) is 5.60 Å². The van der Waals surface area contributed by atoms with Crippen LogP contribution in [0.25, 0.3) is 0 Å². The second-order valence-electron chi connectivity index (χ2n) is 5.27. The third-order valence-corrected chi connectivity index (χ3v) is 4.23. The van der Waals surface area contributed by atoms with Crippen LogP contribution >= 0.6 is 11.6 Å². The van der Waals surface area contributed by atoms with Gasteiger partial charge in [-0.05, 0) is 49.3 Å². The predicted molar refractivity (Wildman–Crippen MR) is 72.2 cm³/mol. The van der Waals surface area contributed by atoms with Crippen molar-refractivity contribution in [3.05, 3.63) is 34.9 Å². The zero-order valence-corrected chi connectivity index (χ0v) is 11.2. The maximum absolute atomic E-state index is 10.7. The van der Waals surface area contributed by atoms with Gasteiger partial charge in [0.25, 0.3) is 0 Å². The van der Waals surface area contributed by atoms with Gasteiger partial charge in [-0.3, -0.25) is 0 Å². The summed E-state index contributed by atoms with van der Waals surface area (Å²) in [5.74, 6) is 0.805. The Morgan fingerprint density at radius 1 is 1.35 bits per heavy atom. The first-order chi connectivity index (χ1) is 8.14. The van der Waals surface area contributed by atoms with E-state index in [2.05, 4.69) is 6.92 Å². The Hall–Kier alpha value is -0.530. The molecule has 0 bridgehead atoms. The van der Waals surface area contributed by atoms with Gasteiger partial charge in [0.1, 0.15) is 0 Å². The topological polar surface area (TPSA) is 20.2 Å². The zero-order chi connectivity index (χ0) is 12.3. The van der Waals surface area contributed by atoms with Crippen LogP contribution < -0.4 is 0 Å². The molecule has 0 spiro atoms. The molecule has 0 heterocycles. The summed E-state index contributed by atoms with van der Waals surface area (Å²) in [5.41, 5.74) is 0.342. The minimum Gasteiger partial charge on any atom is -0.385 e. The van der Waals surface area contributed by atoms with Gasteiger partial charge in [0, 0.05) is 5.02 Å². The Morgan fingerprint density at radius 2 is 2.06 bits per heavy atom. The molecule has 1 aromatic carbocycles. The highest BCUT2D eigenvalue weighted by atomic mass is 35.5. The Kier molecular flexibility index (Phi) is 4.11. The number of rotatable bonds is 3. The highest BCUT2D eigenvalue weighted by Gasteiger charge is 2.34. The van der Waals surface area contributed by atoms with E-state index >= 15 is 0 Å². The van der Waals surface area contributed by atoms with Gasteiger partial charge in [0.15, 0.2) is 0 Å². The average Bonchev–Trinajstić information content (AvgIpc) is 2.33. The summed E-state index contributed by atoms with van der Waals surface area (Å²) < 4.78 is 0. The van der Waals surface area contributed by atoms with Gasteiger partial charge in [-0.1, -0.05) is 43.5 Å². The molecule has 0 radical (unpaired) electrons. The molecule has 1 aromatic rings. The van der Waals surface area contributed by atoms with Crippen LogP contribution in [-0.4, -0.2) is 5.11 Å². The predicted octanol–water partition coefficient (Wildman–Crippen LogP) is 4.52. The Bertz CT molecular complexity index is 367. The van der Waals surface area contributed by atoms with Gasteiger partial charge in [-0.15, -0.1) is 0 Å². The Balaban J connectivity index is 2.06. The smallest absolute Gasteiger partial charge is 0.0897 e. The fraction of sp³-hybridized carbons (Fsp3) is 0.600. The van der Waals surface area contributed by atoms with Crippen LogP contribution in [0.5, 0.6) is 0 Å². The molecule has 1 aliphatic rings. The lowest BCUT2D eigenvalue weighted by Crippen LogP contribution is -2.31. The first-order valence-electron chi connectivity index (χ1n) is 6.62. The maximum Gasteiger partial charge on any atom is 0.0897 e. The van der Waals surface area contributed by atoms with Crippen molar-refractivity contribution in [2.24, 2.45) is 5.92 Å². The van der Waals surface area contributed by atoms with Gasteiger partial charge < -0.3 is 5.11 Å². The molecule has 0 aromatic heterocycles. The van der Waals surface area contributed by atoms with Crippen LogP contribution in [0.1, 0.15) is 51.0 Å². The SMILES string of the molecule is CCCC1CCC(O)(c2cccc(Cl)c2)CC1. The Labute approximate surface area is 109 Å². The molecule has 0 unspecified atom stereocenters. The summed E-state index contributed by atoms with van der Waals surface area (Å²) in [4.78, 5) is 0. The van der Waals surface area contributed by atoms with Crippen LogP contribution in [0.15, 0.2) is 24.3 Å². The normalized spacial score (nSPS) is 29.2. The lowest BCUT2D eigenvalue weighted by atomic mass is 9.74. The van der Waals surface area contributed by atoms with Crippen molar-refractivity contribution in [2.75, 3.05) is 0 Å². The molecule has 17 heavy (non-hydrogen) atoms. The third-order valence-electron chi connectivity index (χ3n) is 3.99. The van der Waals surface area contributed by atoms with Crippen molar-refractivity contribution < 1.29 is 5.11 Å². The van der Waals surface area contributed by atoms with E-state index in [1.165, 1.54) is 12.8 Å². The van der Waals surface area contributed by atoms with Gasteiger partial charge in [0.2, 0.25) is 0 Å². The summed E-state index contributed by atoms with van der Waals surface area (Å²) in [6.07, 6.45) is 6.57. The highest BCUT2D eigenvalue weighted by Crippen LogP contribution is 2.41. The van der Waals surface area contributed by atoms with E-state index < -0.39 is 5.60 Å². The van der Waals surface area contributed by atoms with Crippen molar-refractivity contribution >= 4 is 11.6 Å². The van der Waals surface area contributed by atoms with Crippen LogP contribution in [0.3, 0.4) is 0 Å². The first kappa shape index (κ1) is 12.9. The van der Waals surface area contributed by atoms with Crippen LogP contribution in [0.4, 0.5) is 0 Å². The van der Waals surface area contributed by atoms with Crippen LogP contribution in [0, 0.1) is 5.92 Å². The van der Waals surface area contributed by atoms with Gasteiger partial charge in [-0.2, -0.15) is 0 Å². The van der Waals surface area contributed by atoms with Gasteiger partial charge >= 0.3 is 0 Å². The van der Waals surface area contributed by atoms with Crippen molar-refractivity contribution in [3.8, 4) is 0 Å². The molecular formula is C15H21ClO. The second-order valence-corrected chi connectivity index (χ2v) is 5.71. The average molecular weight is 253 g/mol. The molecule has 0 saturated heterocycles. The van der Waals surface area contributed by atoms with E-state index in [-0.39, 0.29) is 0 Å². The molecule has 1 N–H and O–H groups in total. The van der Waals surface area contributed by atoms with Crippen molar-refractivity contribution in [1.82, 2.24) is 0 Å². The molecular weight excluding hydrogens is 232 g/mol. The van der Waals surface area contributed by atoms with E-state index in [1.54, 1.807) is 0 Å². The van der Waals surface area contributed by atoms with Crippen LogP contribution in [0.2, 0.25) is 5.02 Å². The summed E-state index contributed by atoms with van der Waals surface area (Å²) >= 11 is 5.99. The van der Waals surface area contributed by atoms with Crippen molar-refractivity contribution in [2.45, 2.75) is 51.0 Å². The number of halogens is 1. The summed E-state index contributed by atoms with van der Waals surface area (Å²) in [7, 11) is 0. The summed E-state index contributed by atoms with van der Waals surface area (Å²) in [5, 5.41) is 11.4. The lowest BCUT2D eigenvalue weighted by Gasteiger charge is -2.36. The zero-order valence-electron chi connectivity index (χ0n) is 10.5. The van der Waals surface area contributed by atoms with E-state index in [1.807, 2.05) is 24.3 Å². The number of hydrogen-bond acceptors (Lipinski definition) is 1. The quantitative estimate of drug-likeness (QED) is 0.839. The molecule has 0 amide bonds. The molecule has 94 valence electrons. The fourth-order valence-electron chi connectivity index (χ4n) is 2.92. The van der Waals surface area contributed by atoms with E-state index in [0.717, 1.165) is 37.2 Å². The summed E-state index contributed by atoms with van der Waals surface area (Å²) in [6, 6.07) is 7.68. The minimum atomic E-state index is -0.644. The monoisotopic (exact) mass is 252 g/mol. The molecule has 0 atom stereocenters. The minimum absolute atomic E-state index is 0.644. The first-order valence-corrected chi connectivity index (χ1v) is 7.00. The maximum atomic E-state index is 10.7. The number of hydrogen-bond donors (Lipinski definition) is 1. The van der Waals surface area contributed by atoms with Gasteiger partial charge in [-0.25, -0.2) is 0 Å². The van der Waals surface area contributed by atoms with E-state index in [0.29, 0.717) is 5.02 Å². The molecule has 1 nitrogen and oxygen atoms in total. The Morgan fingerprint density at radius 3 is 2.65 bits per heavy atom. The lowest BCUT2D eigenvalue weighted by molar-refractivity contribution is -0.0152. The molecule has 1 fully saturated rings. The standard InChI is InChI=1S/C15H21ClO/c1-2-4-12-7-9-15(17,10-8-12)13-5-3-6-14(16)11-13/h3,5-6,11-12,17H,2,4,7-10H2,1H3. The largest absolute Gasteiger partial charge is 0.385 e. The number of benzene rings is 1. The number of aliphatic hydroxyl groups is 1. The molecule has 1 saturated carbocycles. The van der Waals surface area contributed by atoms with Crippen LogP contribution in [-0.2, 0) is 5.60 Å². The van der Waals surface area contributed by atoms with E-state index in [4.69, 9.17) is 11.6 Å². The molecule has 2 rings (SSSR count). The third kappa shape index (κ3) is 3.02. The fourth-order valence-corrected chi connectivity index (χ4v) is 3.11. The summed E-state index contributed by atoms with van der Waals surface area (Å²) in [6.45, 7) is 2.23. The second kappa shape index (κ2) is 5.41.